The highest BCUT2D eigenvalue weighted by molar-refractivity contribution is 5.83. The number of carbonyl (C=O) groups excluding carboxylic acids is 1. The molecule has 1 atom stereocenters. The van der Waals surface area contributed by atoms with Crippen molar-refractivity contribution in [3.8, 4) is 0 Å². The Kier molecular flexibility index (Phi) is 6.24. The average molecular weight is 288 g/mol. The van der Waals surface area contributed by atoms with Crippen molar-refractivity contribution in [1.29, 1.82) is 0 Å². The van der Waals surface area contributed by atoms with Crippen molar-refractivity contribution in [2.45, 2.75) is 44.9 Å². The van der Waals surface area contributed by atoms with Gasteiger partial charge in [-0.25, -0.2) is 0 Å². The molecule has 1 fully saturated rings. The van der Waals surface area contributed by atoms with E-state index in [0.717, 1.165) is 30.4 Å². The predicted octanol–water partition coefficient (Wildman–Crippen LogP) is 3.06. The van der Waals surface area contributed by atoms with Crippen molar-refractivity contribution in [3.63, 3.8) is 0 Å². The molecule has 21 heavy (non-hydrogen) atoms. The molecule has 1 aliphatic carbocycles. The lowest BCUT2D eigenvalue weighted by atomic mass is 9.81. The van der Waals surface area contributed by atoms with Crippen molar-refractivity contribution in [3.05, 3.63) is 35.9 Å². The van der Waals surface area contributed by atoms with Gasteiger partial charge in [0.1, 0.15) is 0 Å². The van der Waals surface area contributed by atoms with Crippen LogP contribution in [-0.4, -0.2) is 19.0 Å². The van der Waals surface area contributed by atoms with Crippen LogP contribution in [0.5, 0.6) is 0 Å². The molecule has 1 saturated carbocycles. The quantitative estimate of drug-likeness (QED) is 0.845. The minimum atomic E-state index is -0.224. The Morgan fingerprint density at radius 2 is 1.90 bits per heavy atom. The smallest absolute Gasteiger partial charge is 0.228 e. The highest BCUT2D eigenvalue weighted by Crippen LogP contribution is 2.30. The maximum Gasteiger partial charge on any atom is 0.228 e. The first-order valence-corrected chi connectivity index (χ1v) is 8.23. The molecule has 1 aliphatic rings. The third-order valence-corrected chi connectivity index (χ3v) is 4.74. The van der Waals surface area contributed by atoms with E-state index in [-0.39, 0.29) is 11.8 Å². The largest absolute Gasteiger partial charge is 0.356 e. The van der Waals surface area contributed by atoms with Crippen LogP contribution in [-0.2, 0) is 4.79 Å². The van der Waals surface area contributed by atoms with Gasteiger partial charge in [0.15, 0.2) is 0 Å². The minimum Gasteiger partial charge on any atom is -0.356 e. The summed E-state index contributed by atoms with van der Waals surface area (Å²) in [7, 11) is 0. The number of hydrogen-bond acceptors (Lipinski definition) is 2. The van der Waals surface area contributed by atoms with Gasteiger partial charge in [0, 0.05) is 13.1 Å². The highest BCUT2D eigenvalue weighted by Gasteiger charge is 2.20. The first-order chi connectivity index (χ1) is 10.2. The van der Waals surface area contributed by atoms with E-state index in [9.17, 15) is 4.79 Å². The number of carbonyl (C=O) groups is 1. The van der Waals surface area contributed by atoms with Gasteiger partial charge in [0.25, 0.3) is 0 Å². The lowest BCUT2D eigenvalue weighted by molar-refractivity contribution is -0.122. The van der Waals surface area contributed by atoms with E-state index in [2.05, 4.69) is 12.2 Å². The summed E-state index contributed by atoms with van der Waals surface area (Å²) < 4.78 is 0. The molecule has 1 aromatic carbocycles. The average Bonchev–Trinajstić information content (AvgIpc) is 2.51. The lowest BCUT2D eigenvalue weighted by Crippen LogP contribution is -2.34. The standard InChI is InChI=1S/C18H28N2O/c1-14-7-9-15(10-8-14)11-12-20-18(21)17(13-19)16-5-3-2-4-6-16/h2-6,14-15,17H,7-13,19H2,1H3,(H,20,21). The summed E-state index contributed by atoms with van der Waals surface area (Å²) in [6, 6.07) is 9.81. The fourth-order valence-electron chi connectivity index (χ4n) is 3.22. The molecule has 0 bridgehead atoms. The molecule has 1 unspecified atom stereocenters. The Labute approximate surface area is 128 Å². The SMILES string of the molecule is CC1CCC(CCNC(=O)C(CN)c2ccccc2)CC1. The molecule has 0 heterocycles. The van der Waals surface area contributed by atoms with Gasteiger partial charge in [0.05, 0.1) is 5.92 Å². The first kappa shape index (κ1) is 16.0. The molecule has 0 spiro atoms. The van der Waals surface area contributed by atoms with Gasteiger partial charge in [-0.15, -0.1) is 0 Å². The summed E-state index contributed by atoms with van der Waals surface area (Å²) in [5, 5.41) is 3.07. The molecule has 116 valence electrons. The number of benzene rings is 1. The van der Waals surface area contributed by atoms with E-state index >= 15 is 0 Å². The van der Waals surface area contributed by atoms with Crippen molar-refractivity contribution in [2.24, 2.45) is 17.6 Å². The van der Waals surface area contributed by atoms with Gasteiger partial charge in [-0.05, 0) is 23.8 Å². The molecule has 0 aromatic heterocycles. The van der Waals surface area contributed by atoms with Crippen LogP contribution in [0.2, 0.25) is 0 Å². The van der Waals surface area contributed by atoms with Gasteiger partial charge in [-0.2, -0.15) is 0 Å². The van der Waals surface area contributed by atoms with E-state index in [1.807, 2.05) is 30.3 Å². The second kappa shape index (κ2) is 8.18. The Morgan fingerprint density at radius 3 is 2.52 bits per heavy atom. The first-order valence-electron chi connectivity index (χ1n) is 8.23. The molecule has 3 nitrogen and oxygen atoms in total. The van der Waals surface area contributed by atoms with Gasteiger partial charge in [-0.3, -0.25) is 4.79 Å². The van der Waals surface area contributed by atoms with Crippen LogP contribution in [0.1, 0.15) is 50.5 Å². The van der Waals surface area contributed by atoms with E-state index in [0.29, 0.717) is 6.54 Å². The second-order valence-corrected chi connectivity index (χ2v) is 6.40. The zero-order valence-electron chi connectivity index (χ0n) is 13.1. The molecule has 1 aromatic rings. The topological polar surface area (TPSA) is 55.1 Å². The Balaban J connectivity index is 1.75. The molecule has 0 radical (unpaired) electrons. The molecular weight excluding hydrogens is 260 g/mol. The van der Waals surface area contributed by atoms with Crippen molar-refractivity contribution < 1.29 is 4.79 Å². The van der Waals surface area contributed by atoms with Crippen LogP contribution < -0.4 is 11.1 Å². The Hall–Kier alpha value is -1.35. The van der Waals surface area contributed by atoms with E-state index in [4.69, 9.17) is 5.73 Å². The lowest BCUT2D eigenvalue weighted by Gasteiger charge is -2.26. The van der Waals surface area contributed by atoms with Crippen molar-refractivity contribution in [2.75, 3.05) is 13.1 Å². The minimum absolute atomic E-state index is 0.0628. The zero-order valence-corrected chi connectivity index (χ0v) is 13.1. The van der Waals surface area contributed by atoms with Crippen LogP contribution in [0, 0.1) is 11.8 Å². The van der Waals surface area contributed by atoms with Gasteiger partial charge >= 0.3 is 0 Å². The monoisotopic (exact) mass is 288 g/mol. The van der Waals surface area contributed by atoms with Crippen LogP contribution in [0.15, 0.2) is 30.3 Å². The molecular formula is C18H28N2O. The Morgan fingerprint density at radius 1 is 1.24 bits per heavy atom. The maximum absolute atomic E-state index is 12.3. The summed E-state index contributed by atoms with van der Waals surface area (Å²) in [4.78, 5) is 12.3. The van der Waals surface area contributed by atoms with Gasteiger partial charge < -0.3 is 11.1 Å². The predicted molar refractivity (Wildman–Crippen MR) is 87.0 cm³/mol. The summed E-state index contributed by atoms with van der Waals surface area (Å²) >= 11 is 0. The molecule has 3 heteroatoms. The molecule has 2 rings (SSSR count). The number of rotatable bonds is 6. The van der Waals surface area contributed by atoms with Crippen LogP contribution in [0.4, 0.5) is 0 Å². The number of nitrogens with two attached hydrogens (primary N) is 1. The second-order valence-electron chi connectivity index (χ2n) is 6.40. The maximum atomic E-state index is 12.3. The van der Waals surface area contributed by atoms with Gasteiger partial charge in [0.2, 0.25) is 5.91 Å². The summed E-state index contributed by atoms with van der Waals surface area (Å²) in [6.07, 6.45) is 6.42. The van der Waals surface area contributed by atoms with Crippen molar-refractivity contribution in [1.82, 2.24) is 5.32 Å². The van der Waals surface area contributed by atoms with E-state index in [1.165, 1.54) is 25.7 Å². The summed E-state index contributed by atoms with van der Waals surface area (Å²) in [5.41, 5.74) is 6.78. The highest BCUT2D eigenvalue weighted by atomic mass is 16.1. The third-order valence-electron chi connectivity index (χ3n) is 4.74. The normalized spacial score (nSPS) is 23.5. The molecule has 0 saturated heterocycles. The number of amides is 1. The fraction of sp³-hybridized carbons (Fsp3) is 0.611. The summed E-state index contributed by atoms with van der Waals surface area (Å²) in [5.74, 6) is 1.51. The summed E-state index contributed by atoms with van der Waals surface area (Å²) in [6.45, 7) is 3.47. The molecule has 1 amide bonds. The molecule has 0 aliphatic heterocycles. The zero-order chi connectivity index (χ0) is 15.1. The van der Waals surface area contributed by atoms with Crippen LogP contribution >= 0.6 is 0 Å². The van der Waals surface area contributed by atoms with Crippen LogP contribution in [0.25, 0.3) is 0 Å². The number of hydrogen-bond donors (Lipinski definition) is 2. The molecule has 3 N–H and O–H groups in total. The fourth-order valence-corrected chi connectivity index (χ4v) is 3.22. The van der Waals surface area contributed by atoms with E-state index in [1.54, 1.807) is 0 Å². The van der Waals surface area contributed by atoms with Crippen molar-refractivity contribution >= 4 is 5.91 Å². The van der Waals surface area contributed by atoms with Gasteiger partial charge in [-0.1, -0.05) is 62.9 Å². The third kappa shape index (κ3) is 4.85. The van der Waals surface area contributed by atoms with E-state index < -0.39 is 0 Å². The number of nitrogens with one attached hydrogen (secondary N) is 1. The Bertz CT molecular complexity index is 424. The van der Waals surface area contributed by atoms with Crippen LogP contribution in [0.3, 0.4) is 0 Å².